The number of carbonyl (C=O) groups excluding carboxylic acids is 1. The smallest absolute Gasteiger partial charge is 0.319 e. The first-order valence-electron chi connectivity index (χ1n) is 11.4. The SMILES string of the molecule is CCOc1ccc(C23CCC(NC(=O)Nc4ccc(F)c(F)c4)CC2N(C)CC3)cc1OC. The summed E-state index contributed by atoms with van der Waals surface area (Å²) in [6.45, 7) is 3.51. The average Bonchev–Trinajstić information content (AvgIpc) is 3.14. The van der Waals surface area contributed by atoms with E-state index in [0.717, 1.165) is 55.9 Å². The van der Waals surface area contributed by atoms with E-state index in [9.17, 15) is 13.6 Å². The number of urea groups is 1. The molecule has 2 aromatic rings. The van der Waals surface area contributed by atoms with Crippen molar-refractivity contribution >= 4 is 11.7 Å². The minimum Gasteiger partial charge on any atom is -0.493 e. The first-order valence-corrected chi connectivity index (χ1v) is 11.4. The summed E-state index contributed by atoms with van der Waals surface area (Å²) >= 11 is 0. The van der Waals surface area contributed by atoms with Crippen molar-refractivity contribution in [1.82, 2.24) is 10.2 Å². The number of likely N-dealkylation sites (tertiary alicyclic amines) is 1. The van der Waals surface area contributed by atoms with Gasteiger partial charge in [0, 0.05) is 29.3 Å². The van der Waals surface area contributed by atoms with Gasteiger partial charge in [0.15, 0.2) is 23.1 Å². The molecule has 3 unspecified atom stereocenters. The van der Waals surface area contributed by atoms with Crippen LogP contribution in [0.3, 0.4) is 0 Å². The summed E-state index contributed by atoms with van der Waals surface area (Å²) in [7, 11) is 3.78. The lowest BCUT2D eigenvalue weighted by molar-refractivity contribution is 0.156. The standard InChI is InChI=1S/C25H31F2N3O3/c1-4-33-21-8-5-16(13-22(21)32-3)25-10-9-18(15-23(25)30(2)12-11-25)29-24(31)28-17-6-7-19(26)20(27)14-17/h5-8,13-14,18,23H,4,9-12,15H2,1-3H3,(H2,28,29,31). The van der Waals surface area contributed by atoms with Gasteiger partial charge in [-0.15, -0.1) is 0 Å². The third-order valence-electron chi connectivity index (χ3n) is 7.08. The number of nitrogens with zero attached hydrogens (tertiary/aromatic N) is 1. The largest absolute Gasteiger partial charge is 0.493 e. The lowest BCUT2D eigenvalue weighted by Crippen LogP contribution is -2.52. The molecule has 2 aliphatic rings. The Hall–Kier alpha value is -2.87. The Morgan fingerprint density at radius 3 is 2.70 bits per heavy atom. The van der Waals surface area contributed by atoms with Crippen molar-refractivity contribution in [3.63, 3.8) is 0 Å². The highest BCUT2D eigenvalue weighted by atomic mass is 19.2. The Labute approximate surface area is 193 Å². The van der Waals surface area contributed by atoms with Gasteiger partial charge in [-0.1, -0.05) is 6.07 Å². The molecule has 1 heterocycles. The van der Waals surface area contributed by atoms with Crippen LogP contribution in [0.2, 0.25) is 0 Å². The van der Waals surface area contributed by atoms with Crippen LogP contribution in [0.4, 0.5) is 19.3 Å². The molecular weight excluding hydrogens is 428 g/mol. The summed E-state index contributed by atoms with van der Waals surface area (Å²) in [6, 6.07) is 9.38. The Bertz CT molecular complexity index is 1020. The average molecular weight is 460 g/mol. The van der Waals surface area contributed by atoms with Crippen LogP contribution in [-0.4, -0.2) is 50.3 Å². The molecule has 4 rings (SSSR count). The maximum atomic E-state index is 13.4. The molecule has 3 atom stereocenters. The number of ether oxygens (including phenoxy) is 2. The van der Waals surface area contributed by atoms with Crippen LogP contribution >= 0.6 is 0 Å². The summed E-state index contributed by atoms with van der Waals surface area (Å²) in [4.78, 5) is 14.9. The van der Waals surface area contributed by atoms with Gasteiger partial charge in [0.05, 0.1) is 13.7 Å². The number of amides is 2. The number of methoxy groups -OCH3 is 1. The molecular formula is C25H31F2N3O3. The molecule has 0 radical (unpaired) electrons. The van der Waals surface area contributed by atoms with Crippen molar-refractivity contribution in [2.45, 2.75) is 50.1 Å². The molecule has 2 amide bonds. The third-order valence-corrected chi connectivity index (χ3v) is 7.08. The van der Waals surface area contributed by atoms with Crippen LogP contribution in [-0.2, 0) is 5.41 Å². The van der Waals surface area contributed by atoms with Gasteiger partial charge in [-0.05, 0) is 76.0 Å². The second-order valence-corrected chi connectivity index (χ2v) is 8.90. The topological polar surface area (TPSA) is 62.8 Å². The zero-order valence-corrected chi connectivity index (χ0v) is 19.3. The van der Waals surface area contributed by atoms with E-state index in [2.05, 4.69) is 34.7 Å². The zero-order valence-electron chi connectivity index (χ0n) is 19.3. The van der Waals surface area contributed by atoms with E-state index >= 15 is 0 Å². The molecule has 1 aliphatic carbocycles. The van der Waals surface area contributed by atoms with Gasteiger partial charge < -0.3 is 25.0 Å². The van der Waals surface area contributed by atoms with Crippen LogP contribution in [0.1, 0.15) is 38.2 Å². The molecule has 0 bridgehead atoms. The van der Waals surface area contributed by atoms with E-state index in [1.54, 1.807) is 7.11 Å². The summed E-state index contributed by atoms with van der Waals surface area (Å²) in [5.74, 6) is -0.455. The molecule has 6 nitrogen and oxygen atoms in total. The van der Waals surface area contributed by atoms with Gasteiger partial charge in [-0.3, -0.25) is 0 Å². The molecule has 178 valence electrons. The first-order chi connectivity index (χ1) is 15.9. The van der Waals surface area contributed by atoms with Gasteiger partial charge in [-0.2, -0.15) is 0 Å². The lowest BCUT2D eigenvalue weighted by atomic mass is 9.65. The van der Waals surface area contributed by atoms with Gasteiger partial charge in [0.2, 0.25) is 0 Å². The predicted octanol–water partition coefficient (Wildman–Crippen LogP) is 4.69. The second kappa shape index (κ2) is 9.55. The fourth-order valence-electron chi connectivity index (χ4n) is 5.43. The number of benzene rings is 2. The first kappa shape index (κ1) is 23.3. The van der Waals surface area contributed by atoms with Gasteiger partial charge in [0.25, 0.3) is 0 Å². The lowest BCUT2D eigenvalue weighted by Gasteiger charge is -2.45. The van der Waals surface area contributed by atoms with Gasteiger partial charge >= 0.3 is 6.03 Å². The molecule has 2 N–H and O–H groups in total. The van der Waals surface area contributed by atoms with Crippen molar-refractivity contribution in [2.24, 2.45) is 0 Å². The van der Waals surface area contributed by atoms with E-state index in [0.29, 0.717) is 6.61 Å². The minimum atomic E-state index is -0.992. The number of rotatable bonds is 6. The number of fused-ring (bicyclic) bond motifs is 1. The summed E-state index contributed by atoms with van der Waals surface area (Å²) in [5, 5.41) is 5.62. The van der Waals surface area contributed by atoms with E-state index in [1.807, 2.05) is 13.0 Å². The van der Waals surface area contributed by atoms with Crippen LogP contribution in [0.5, 0.6) is 11.5 Å². The van der Waals surface area contributed by atoms with Crippen molar-refractivity contribution < 1.29 is 23.0 Å². The normalized spacial score (nSPS) is 24.8. The van der Waals surface area contributed by atoms with Crippen molar-refractivity contribution in [1.29, 1.82) is 0 Å². The van der Waals surface area contributed by atoms with Crippen LogP contribution in [0.15, 0.2) is 36.4 Å². The number of likely N-dealkylation sites (N-methyl/N-ethyl adjacent to an activating group) is 1. The Morgan fingerprint density at radius 2 is 1.97 bits per heavy atom. The number of halogens is 2. The van der Waals surface area contributed by atoms with Crippen molar-refractivity contribution in [2.75, 3.05) is 32.6 Å². The summed E-state index contributed by atoms with van der Waals surface area (Å²) in [5.41, 5.74) is 1.44. The van der Waals surface area contributed by atoms with E-state index in [-0.39, 0.29) is 23.2 Å². The molecule has 2 fully saturated rings. The highest BCUT2D eigenvalue weighted by molar-refractivity contribution is 5.89. The van der Waals surface area contributed by atoms with Crippen LogP contribution < -0.4 is 20.1 Å². The Morgan fingerprint density at radius 1 is 1.15 bits per heavy atom. The van der Waals surface area contributed by atoms with Crippen molar-refractivity contribution in [3.05, 3.63) is 53.6 Å². The van der Waals surface area contributed by atoms with E-state index in [4.69, 9.17) is 9.47 Å². The zero-order chi connectivity index (χ0) is 23.6. The van der Waals surface area contributed by atoms with E-state index < -0.39 is 17.7 Å². The highest BCUT2D eigenvalue weighted by Gasteiger charge is 2.50. The molecule has 2 aromatic carbocycles. The third kappa shape index (κ3) is 4.62. The predicted molar refractivity (Wildman–Crippen MR) is 123 cm³/mol. The van der Waals surface area contributed by atoms with Gasteiger partial charge in [0.1, 0.15) is 0 Å². The summed E-state index contributed by atoms with van der Waals surface area (Å²) < 4.78 is 37.8. The maximum Gasteiger partial charge on any atom is 0.319 e. The second-order valence-electron chi connectivity index (χ2n) is 8.90. The number of anilines is 1. The molecule has 8 heteroatoms. The quantitative estimate of drug-likeness (QED) is 0.658. The number of nitrogens with one attached hydrogen (secondary N) is 2. The molecule has 0 aromatic heterocycles. The van der Waals surface area contributed by atoms with Gasteiger partial charge in [-0.25, -0.2) is 13.6 Å². The van der Waals surface area contributed by atoms with Crippen LogP contribution in [0, 0.1) is 11.6 Å². The monoisotopic (exact) mass is 459 g/mol. The molecule has 1 saturated heterocycles. The molecule has 33 heavy (non-hydrogen) atoms. The Kier molecular flexibility index (Phi) is 6.74. The van der Waals surface area contributed by atoms with Crippen LogP contribution in [0.25, 0.3) is 0 Å². The summed E-state index contributed by atoms with van der Waals surface area (Å²) in [6.07, 6.45) is 3.59. The number of carbonyl (C=O) groups is 1. The highest BCUT2D eigenvalue weighted by Crippen LogP contribution is 2.49. The number of hydrogen-bond acceptors (Lipinski definition) is 4. The van der Waals surface area contributed by atoms with E-state index in [1.165, 1.54) is 11.6 Å². The maximum absolute atomic E-state index is 13.4. The fraction of sp³-hybridized carbons (Fsp3) is 0.480. The molecule has 0 spiro atoms. The Balaban J connectivity index is 1.47. The minimum absolute atomic E-state index is 0.0124. The van der Waals surface area contributed by atoms with Crippen molar-refractivity contribution in [3.8, 4) is 11.5 Å². The molecule has 1 aliphatic heterocycles. The molecule has 1 saturated carbocycles. The fourth-order valence-corrected chi connectivity index (χ4v) is 5.43. The number of hydrogen-bond donors (Lipinski definition) is 2.